The number of alkyl halides is 2. The number of halogens is 3. The Kier molecular flexibility index (Phi) is 9.45. The van der Waals surface area contributed by atoms with E-state index in [1.165, 1.54) is 24.4 Å². The number of hydrogen-bond acceptors (Lipinski definition) is 7. The van der Waals surface area contributed by atoms with Crippen molar-refractivity contribution in [2.75, 3.05) is 23.9 Å². The van der Waals surface area contributed by atoms with Crippen molar-refractivity contribution in [3.8, 4) is 5.75 Å². The molecule has 3 rings (SSSR count). The van der Waals surface area contributed by atoms with E-state index in [9.17, 15) is 17.8 Å². The van der Waals surface area contributed by atoms with E-state index in [-0.39, 0.29) is 39.3 Å². The third-order valence-electron chi connectivity index (χ3n) is 4.72. The number of benzene rings is 1. The summed E-state index contributed by atoms with van der Waals surface area (Å²) in [5.41, 5.74) is 1.37. The monoisotopic (exact) mass is 500 g/mol. The average molecular weight is 501 g/mol. The molecule has 0 radical (unpaired) electrons. The van der Waals surface area contributed by atoms with Crippen molar-refractivity contribution in [1.29, 1.82) is 5.41 Å². The van der Waals surface area contributed by atoms with E-state index < -0.39 is 17.4 Å². The second-order valence-electron chi connectivity index (χ2n) is 8.02. The van der Waals surface area contributed by atoms with Gasteiger partial charge in [-0.3, -0.25) is 19.4 Å². The van der Waals surface area contributed by atoms with Crippen LogP contribution in [0.25, 0.3) is 0 Å². The second kappa shape index (κ2) is 11.6. The summed E-state index contributed by atoms with van der Waals surface area (Å²) in [6, 6.07) is 5.52. The summed E-state index contributed by atoms with van der Waals surface area (Å²) < 4.78 is 39.7. The average Bonchev–Trinajstić information content (AvgIpc) is 2.73. The van der Waals surface area contributed by atoms with Crippen LogP contribution in [0.5, 0.6) is 5.75 Å². The van der Waals surface area contributed by atoms with Crippen LogP contribution >= 0.6 is 11.6 Å². The van der Waals surface area contributed by atoms with Gasteiger partial charge in [-0.1, -0.05) is 11.6 Å². The number of aromatic nitrogens is 1. The normalized spacial score (nSPS) is 19.4. The van der Waals surface area contributed by atoms with Crippen LogP contribution in [0.1, 0.15) is 42.4 Å². The van der Waals surface area contributed by atoms with Gasteiger partial charge in [-0.25, -0.2) is 0 Å². The third-order valence-corrected chi connectivity index (χ3v) is 6.97. The Bertz CT molecular complexity index is 1030. The lowest BCUT2D eigenvalue weighted by molar-refractivity contribution is -0.0498. The molecule has 0 amide bonds. The van der Waals surface area contributed by atoms with Gasteiger partial charge < -0.3 is 15.4 Å². The van der Waals surface area contributed by atoms with Crippen molar-refractivity contribution < 1.29 is 22.5 Å². The summed E-state index contributed by atoms with van der Waals surface area (Å²) in [5.74, 6) is 1.54. The van der Waals surface area contributed by atoms with Gasteiger partial charge in [-0.15, -0.1) is 0 Å². The molecule has 180 valence electrons. The Balaban J connectivity index is 0.000000405. The van der Waals surface area contributed by atoms with Crippen LogP contribution in [-0.2, 0) is 10.8 Å². The van der Waals surface area contributed by atoms with Crippen molar-refractivity contribution in [3.63, 3.8) is 0 Å². The first-order valence-electron chi connectivity index (χ1n) is 10.1. The Morgan fingerprint density at radius 3 is 2.48 bits per heavy atom. The standard InChI is InChI=1S/C17H16ClF2N3O2.C5H11NOS/c1-9(2)23-14-5-10(8-24)7-22-16(14)15(21)12-6-11(25-17(19)20)3-4-13(12)18;1-5(6-2)3-8(7)4-5/h3-9,17,21,23H,1-2H3;6H,3-4H2,1-2H3. The van der Waals surface area contributed by atoms with Gasteiger partial charge in [0.15, 0.2) is 6.29 Å². The van der Waals surface area contributed by atoms with Crippen molar-refractivity contribution in [2.45, 2.75) is 39.0 Å². The minimum Gasteiger partial charge on any atom is -0.435 e. The molecule has 2 aromatic rings. The molecule has 2 heterocycles. The van der Waals surface area contributed by atoms with E-state index in [0.717, 1.165) is 11.5 Å². The Morgan fingerprint density at radius 2 is 2.00 bits per heavy atom. The minimum absolute atomic E-state index is 0.0271. The molecule has 1 saturated heterocycles. The molecule has 1 aliphatic heterocycles. The highest BCUT2D eigenvalue weighted by atomic mass is 35.5. The molecule has 0 unspecified atom stereocenters. The Labute approximate surface area is 199 Å². The molecule has 0 atom stereocenters. The Hall–Kier alpha value is -2.43. The minimum atomic E-state index is -2.98. The third kappa shape index (κ3) is 7.55. The summed E-state index contributed by atoms with van der Waals surface area (Å²) in [5, 5.41) is 14.8. The fourth-order valence-corrected chi connectivity index (χ4v) is 4.82. The predicted molar refractivity (Wildman–Crippen MR) is 128 cm³/mol. The van der Waals surface area contributed by atoms with Crippen molar-refractivity contribution in [3.05, 3.63) is 52.3 Å². The largest absolute Gasteiger partial charge is 0.435 e. The molecule has 3 N–H and O–H groups in total. The maximum Gasteiger partial charge on any atom is 0.387 e. The summed E-state index contributed by atoms with van der Waals surface area (Å²) in [7, 11) is 1.39. The zero-order valence-electron chi connectivity index (χ0n) is 18.7. The highest BCUT2D eigenvalue weighted by Crippen LogP contribution is 2.28. The number of ether oxygens (including phenoxy) is 1. The number of nitrogens with one attached hydrogen (secondary N) is 3. The molecule has 0 saturated carbocycles. The quantitative estimate of drug-likeness (QED) is 0.372. The number of aldehydes is 1. The van der Waals surface area contributed by atoms with Crippen LogP contribution in [0.3, 0.4) is 0 Å². The summed E-state index contributed by atoms with van der Waals surface area (Å²) >= 11 is 6.11. The first-order chi connectivity index (χ1) is 15.5. The zero-order valence-corrected chi connectivity index (χ0v) is 20.3. The SMILES string of the molecule is CC(C)Nc1cc(C=O)cnc1C(=N)c1cc(OC(F)F)ccc1Cl.CNC1(C)CS(=O)C1. The number of hydrogen-bond donors (Lipinski definition) is 3. The maximum absolute atomic E-state index is 12.4. The predicted octanol–water partition coefficient (Wildman–Crippen LogP) is 4.11. The molecule has 11 heteroatoms. The Morgan fingerprint density at radius 1 is 1.33 bits per heavy atom. The number of anilines is 1. The van der Waals surface area contributed by atoms with Gasteiger partial charge in [0.25, 0.3) is 0 Å². The van der Waals surface area contributed by atoms with Gasteiger partial charge in [0.1, 0.15) is 11.4 Å². The highest BCUT2D eigenvalue weighted by molar-refractivity contribution is 7.86. The fraction of sp³-hybridized carbons (Fsp3) is 0.409. The number of nitrogens with zero attached hydrogens (tertiary/aromatic N) is 1. The number of carbonyl (C=O) groups is 1. The van der Waals surface area contributed by atoms with Crippen molar-refractivity contribution in [2.24, 2.45) is 0 Å². The second-order valence-corrected chi connectivity index (χ2v) is 9.88. The van der Waals surface area contributed by atoms with Crippen LogP contribution in [0.15, 0.2) is 30.5 Å². The van der Waals surface area contributed by atoms with E-state index >= 15 is 0 Å². The number of carbonyl (C=O) groups excluding carboxylic acids is 1. The van der Waals surface area contributed by atoms with E-state index in [1.54, 1.807) is 6.07 Å². The molecular formula is C22H27ClF2N4O3S. The first kappa shape index (κ1) is 26.8. The molecule has 1 aromatic carbocycles. The molecule has 1 aliphatic rings. The van der Waals surface area contributed by atoms with Gasteiger partial charge in [-0.05, 0) is 52.1 Å². The van der Waals surface area contributed by atoms with Gasteiger partial charge in [-0.2, -0.15) is 8.78 Å². The lowest BCUT2D eigenvalue weighted by atomic mass is 10.0. The smallest absolute Gasteiger partial charge is 0.387 e. The van der Waals surface area contributed by atoms with E-state index in [0.29, 0.717) is 17.5 Å². The van der Waals surface area contributed by atoms with Gasteiger partial charge >= 0.3 is 6.61 Å². The fourth-order valence-electron chi connectivity index (χ4n) is 2.98. The lowest BCUT2D eigenvalue weighted by Gasteiger charge is -2.36. The van der Waals surface area contributed by atoms with E-state index in [4.69, 9.17) is 17.0 Å². The van der Waals surface area contributed by atoms with Gasteiger partial charge in [0.2, 0.25) is 0 Å². The highest BCUT2D eigenvalue weighted by Gasteiger charge is 2.36. The van der Waals surface area contributed by atoms with Crippen LogP contribution in [0.2, 0.25) is 5.02 Å². The maximum atomic E-state index is 12.4. The number of pyridine rings is 1. The number of rotatable bonds is 8. The molecule has 0 bridgehead atoms. The van der Waals surface area contributed by atoms with E-state index in [2.05, 4.69) is 27.3 Å². The topological polar surface area (TPSA) is 104 Å². The van der Waals surface area contributed by atoms with Crippen LogP contribution in [-0.4, -0.2) is 57.9 Å². The molecular weight excluding hydrogens is 474 g/mol. The van der Waals surface area contributed by atoms with Crippen LogP contribution in [0.4, 0.5) is 14.5 Å². The van der Waals surface area contributed by atoms with Crippen LogP contribution < -0.4 is 15.4 Å². The summed E-state index contributed by atoms with van der Waals surface area (Å²) in [6.45, 7) is 2.90. The molecule has 33 heavy (non-hydrogen) atoms. The molecule has 0 spiro atoms. The molecule has 1 fully saturated rings. The first-order valence-corrected chi connectivity index (χ1v) is 11.9. The van der Waals surface area contributed by atoms with Crippen molar-refractivity contribution >= 4 is 40.1 Å². The van der Waals surface area contributed by atoms with Gasteiger partial charge in [0.05, 0.1) is 16.4 Å². The molecule has 7 nitrogen and oxygen atoms in total. The van der Waals surface area contributed by atoms with Crippen molar-refractivity contribution in [1.82, 2.24) is 10.3 Å². The summed E-state index contributed by atoms with van der Waals surface area (Å²) in [6.07, 6.45) is 1.98. The van der Waals surface area contributed by atoms with E-state index in [1.807, 2.05) is 20.9 Å². The van der Waals surface area contributed by atoms with Gasteiger partial charge in [0, 0.05) is 51.2 Å². The molecule has 1 aromatic heterocycles. The lowest BCUT2D eigenvalue weighted by Crippen LogP contribution is -2.58. The zero-order chi connectivity index (χ0) is 24.8. The summed E-state index contributed by atoms with van der Waals surface area (Å²) in [4.78, 5) is 15.1. The molecule has 0 aliphatic carbocycles. The van der Waals surface area contributed by atoms with Crippen LogP contribution in [0, 0.1) is 5.41 Å².